The molecule has 24 heavy (non-hydrogen) atoms. The predicted molar refractivity (Wildman–Crippen MR) is 94.4 cm³/mol. The molecule has 3 heteroatoms. The fourth-order valence-corrected chi connectivity index (χ4v) is 7.92. The summed E-state index contributed by atoms with van der Waals surface area (Å²) in [6, 6.07) is 0. The molecule has 0 aliphatic heterocycles. The molecule has 0 heterocycles. The van der Waals surface area contributed by atoms with Crippen molar-refractivity contribution >= 4 is 0 Å². The lowest BCUT2D eigenvalue weighted by molar-refractivity contribution is -0.226. The average molecular weight is 337 g/mol. The summed E-state index contributed by atoms with van der Waals surface area (Å²) in [5, 5.41) is 32.8. The van der Waals surface area contributed by atoms with Crippen LogP contribution in [0.1, 0.15) is 85.0 Å². The molecule has 0 saturated heterocycles. The highest BCUT2D eigenvalue weighted by atomic mass is 16.3. The van der Waals surface area contributed by atoms with E-state index >= 15 is 0 Å². The van der Waals surface area contributed by atoms with E-state index in [0.717, 1.165) is 57.8 Å². The van der Waals surface area contributed by atoms with Crippen molar-refractivity contribution in [3.63, 3.8) is 0 Å². The molecule has 0 aromatic heterocycles. The molecule has 3 unspecified atom stereocenters. The summed E-state index contributed by atoms with van der Waals surface area (Å²) in [6.45, 7) is 6.79. The van der Waals surface area contributed by atoms with Crippen molar-refractivity contribution in [3.05, 3.63) is 0 Å². The third-order valence-corrected chi connectivity index (χ3v) is 9.69. The Bertz CT molecular complexity index is 521. The highest BCUT2D eigenvalue weighted by Crippen LogP contribution is 2.69. The zero-order valence-electron chi connectivity index (χ0n) is 15.7. The minimum atomic E-state index is -0.681. The summed E-state index contributed by atoms with van der Waals surface area (Å²) < 4.78 is 0. The number of aliphatic hydroxyl groups excluding tert-OH is 1. The highest BCUT2D eigenvalue weighted by Gasteiger charge is 2.66. The van der Waals surface area contributed by atoms with Gasteiger partial charge in [0.15, 0.2) is 0 Å². The van der Waals surface area contributed by atoms with Crippen LogP contribution in [0.5, 0.6) is 0 Å². The molecule has 4 rings (SSSR count). The second kappa shape index (κ2) is 5.20. The number of aliphatic hydroxyl groups is 3. The van der Waals surface area contributed by atoms with Crippen LogP contribution in [0.4, 0.5) is 0 Å². The molecule has 3 N–H and O–H groups in total. The van der Waals surface area contributed by atoms with E-state index < -0.39 is 11.2 Å². The molecule has 4 aliphatic rings. The first-order chi connectivity index (χ1) is 11.2. The predicted octanol–water partition coefficient (Wildman–Crippen LogP) is 3.65. The van der Waals surface area contributed by atoms with Gasteiger partial charge in [-0.3, -0.25) is 0 Å². The maximum absolute atomic E-state index is 11.4. The first-order valence-electron chi connectivity index (χ1n) is 10.3. The summed E-state index contributed by atoms with van der Waals surface area (Å²) in [4.78, 5) is 0. The van der Waals surface area contributed by atoms with E-state index in [1.807, 2.05) is 0 Å². The van der Waals surface area contributed by atoms with Crippen molar-refractivity contribution in [2.45, 2.75) is 102 Å². The standard InChI is InChI=1S/C21H36O3/c1-4-20(23)12-8-17-15-6-11-21(24)13-14(22)5-9-19(21,3)16(15)7-10-18(17,20)2/h14-17,22-24H,4-13H2,1-3H3/t14?,15-,16-,17+,18+,19-,20?,21?/m1/s1. The Morgan fingerprint density at radius 3 is 2.17 bits per heavy atom. The topological polar surface area (TPSA) is 60.7 Å². The van der Waals surface area contributed by atoms with E-state index in [9.17, 15) is 15.3 Å². The minimum Gasteiger partial charge on any atom is -0.393 e. The molecule has 3 nitrogen and oxygen atoms in total. The smallest absolute Gasteiger partial charge is 0.0728 e. The van der Waals surface area contributed by atoms with Gasteiger partial charge in [0.2, 0.25) is 0 Å². The number of hydrogen-bond donors (Lipinski definition) is 3. The monoisotopic (exact) mass is 336 g/mol. The van der Waals surface area contributed by atoms with Crippen LogP contribution < -0.4 is 0 Å². The molecule has 0 aromatic rings. The van der Waals surface area contributed by atoms with E-state index in [4.69, 9.17) is 0 Å². The van der Waals surface area contributed by atoms with Crippen LogP contribution in [-0.2, 0) is 0 Å². The van der Waals surface area contributed by atoms with E-state index in [-0.39, 0.29) is 16.9 Å². The molecule has 138 valence electrons. The summed E-state index contributed by atoms with van der Waals surface area (Å²) in [7, 11) is 0. The molecule has 4 fully saturated rings. The molecule has 0 bridgehead atoms. The molecule has 0 spiro atoms. The van der Waals surface area contributed by atoms with Crippen LogP contribution in [-0.4, -0.2) is 32.6 Å². The molecule has 8 atom stereocenters. The lowest BCUT2D eigenvalue weighted by Crippen LogP contribution is -2.63. The molecule has 0 radical (unpaired) electrons. The number of hydrogen-bond acceptors (Lipinski definition) is 3. The van der Waals surface area contributed by atoms with E-state index in [1.165, 1.54) is 0 Å². The van der Waals surface area contributed by atoms with Crippen molar-refractivity contribution in [1.82, 2.24) is 0 Å². The van der Waals surface area contributed by atoms with E-state index in [1.54, 1.807) is 0 Å². The van der Waals surface area contributed by atoms with Crippen LogP contribution in [0.2, 0.25) is 0 Å². The summed E-state index contributed by atoms with van der Waals surface area (Å²) in [6.07, 6.45) is 9.13. The Labute approximate surface area is 146 Å². The van der Waals surface area contributed by atoms with Gasteiger partial charge in [-0.15, -0.1) is 0 Å². The van der Waals surface area contributed by atoms with E-state index in [2.05, 4.69) is 20.8 Å². The van der Waals surface area contributed by atoms with Gasteiger partial charge in [0, 0.05) is 6.42 Å². The van der Waals surface area contributed by atoms with Crippen molar-refractivity contribution in [1.29, 1.82) is 0 Å². The zero-order valence-corrected chi connectivity index (χ0v) is 15.7. The van der Waals surface area contributed by atoms with Gasteiger partial charge in [-0.25, -0.2) is 0 Å². The first kappa shape index (κ1) is 17.3. The Morgan fingerprint density at radius 1 is 0.833 bits per heavy atom. The van der Waals surface area contributed by atoms with Gasteiger partial charge >= 0.3 is 0 Å². The van der Waals surface area contributed by atoms with Crippen molar-refractivity contribution in [2.24, 2.45) is 28.6 Å². The maximum Gasteiger partial charge on any atom is 0.0728 e. The van der Waals surface area contributed by atoms with Crippen molar-refractivity contribution < 1.29 is 15.3 Å². The number of rotatable bonds is 1. The molecular weight excluding hydrogens is 300 g/mol. The molecule has 4 saturated carbocycles. The van der Waals surface area contributed by atoms with Gasteiger partial charge in [-0.05, 0) is 86.4 Å². The van der Waals surface area contributed by atoms with Crippen LogP contribution in [0.15, 0.2) is 0 Å². The fraction of sp³-hybridized carbons (Fsp3) is 1.00. The Kier molecular flexibility index (Phi) is 3.75. The summed E-state index contributed by atoms with van der Waals surface area (Å²) >= 11 is 0. The first-order valence-corrected chi connectivity index (χ1v) is 10.3. The lowest BCUT2D eigenvalue weighted by atomic mass is 9.43. The van der Waals surface area contributed by atoms with Crippen molar-refractivity contribution in [2.75, 3.05) is 0 Å². The van der Waals surface area contributed by atoms with Crippen LogP contribution in [0, 0.1) is 28.6 Å². The third kappa shape index (κ3) is 1.95. The molecule has 4 aliphatic carbocycles. The van der Waals surface area contributed by atoms with Gasteiger partial charge in [-0.2, -0.15) is 0 Å². The van der Waals surface area contributed by atoms with Crippen molar-refractivity contribution in [3.8, 4) is 0 Å². The minimum absolute atomic E-state index is 0.0522. The molecular formula is C21H36O3. The Hall–Kier alpha value is -0.120. The van der Waals surface area contributed by atoms with Crippen LogP contribution in [0.3, 0.4) is 0 Å². The zero-order chi connectivity index (χ0) is 17.4. The van der Waals surface area contributed by atoms with Crippen LogP contribution in [0.25, 0.3) is 0 Å². The second-order valence-corrected chi connectivity index (χ2v) is 10.1. The quantitative estimate of drug-likeness (QED) is 0.685. The van der Waals surface area contributed by atoms with Gasteiger partial charge in [0.05, 0.1) is 17.3 Å². The van der Waals surface area contributed by atoms with E-state index in [0.29, 0.717) is 24.2 Å². The number of fused-ring (bicyclic) bond motifs is 5. The summed E-state index contributed by atoms with van der Waals surface area (Å²) in [5.74, 6) is 1.81. The largest absolute Gasteiger partial charge is 0.393 e. The maximum atomic E-state index is 11.4. The SMILES string of the molecule is CCC1(O)CC[C@H]2[C@@H]3CCC4(O)CC(O)CC[C@]4(C)[C@@H]3CC[C@@]21C. The average Bonchev–Trinajstić information content (AvgIpc) is 2.81. The highest BCUT2D eigenvalue weighted by molar-refractivity contribution is 5.16. The fourth-order valence-electron chi connectivity index (χ4n) is 7.92. The summed E-state index contributed by atoms with van der Waals surface area (Å²) in [5.41, 5.74) is -1.16. The van der Waals surface area contributed by atoms with Gasteiger partial charge in [-0.1, -0.05) is 20.8 Å². The van der Waals surface area contributed by atoms with Gasteiger partial charge in [0.25, 0.3) is 0 Å². The van der Waals surface area contributed by atoms with Gasteiger partial charge < -0.3 is 15.3 Å². The molecule has 0 amide bonds. The second-order valence-electron chi connectivity index (χ2n) is 10.1. The Balaban J connectivity index is 1.67. The molecule has 0 aromatic carbocycles. The van der Waals surface area contributed by atoms with Gasteiger partial charge in [0.1, 0.15) is 0 Å². The lowest BCUT2D eigenvalue weighted by Gasteiger charge is -2.64. The normalized spacial score (nSPS) is 60.2. The Morgan fingerprint density at radius 2 is 1.46 bits per heavy atom. The third-order valence-electron chi connectivity index (χ3n) is 9.69. The van der Waals surface area contributed by atoms with Crippen LogP contribution >= 0.6 is 0 Å².